The first-order chi connectivity index (χ1) is 8.91. The fourth-order valence-electron chi connectivity index (χ4n) is 3.01. The standard InChI is InChI=1S/C15H28N4/c1-15(2)13(6-10-19(15)5)12-17(3)9-7-14-16-8-11-18(14)4/h8,11,13H,6-7,9-10,12H2,1-5H3. The van der Waals surface area contributed by atoms with Gasteiger partial charge in [0.05, 0.1) is 0 Å². The molecule has 108 valence electrons. The molecule has 1 fully saturated rings. The first-order valence-electron chi connectivity index (χ1n) is 7.27. The van der Waals surface area contributed by atoms with E-state index in [0.29, 0.717) is 5.54 Å². The molecule has 1 aromatic heterocycles. The van der Waals surface area contributed by atoms with E-state index >= 15 is 0 Å². The van der Waals surface area contributed by atoms with Crippen LogP contribution in [-0.4, -0.2) is 58.6 Å². The molecule has 1 saturated heterocycles. The van der Waals surface area contributed by atoms with E-state index in [1.807, 2.05) is 12.4 Å². The fraction of sp³-hybridized carbons (Fsp3) is 0.800. The maximum atomic E-state index is 4.39. The Bertz CT molecular complexity index is 410. The third kappa shape index (κ3) is 3.18. The molecule has 0 N–H and O–H groups in total. The molecule has 1 aromatic rings. The van der Waals surface area contributed by atoms with Crippen LogP contribution >= 0.6 is 0 Å². The third-order valence-electron chi connectivity index (χ3n) is 4.97. The molecule has 1 aliphatic rings. The van der Waals surface area contributed by atoms with E-state index in [0.717, 1.165) is 18.9 Å². The molecule has 0 aliphatic carbocycles. The second-order valence-corrected chi connectivity index (χ2v) is 6.53. The van der Waals surface area contributed by atoms with Crippen LogP contribution in [0.1, 0.15) is 26.1 Å². The lowest BCUT2D eigenvalue weighted by molar-refractivity contribution is 0.142. The highest BCUT2D eigenvalue weighted by Crippen LogP contribution is 2.33. The Kier molecular flexibility index (Phi) is 4.31. The van der Waals surface area contributed by atoms with E-state index in [2.05, 4.69) is 54.3 Å². The van der Waals surface area contributed by atoms with Crippen LogP contribution in [0.5, 0.6) is 0 Å². The van der Waals surface area contributed by atoms with Crippen molar-refractivity contribution in [2.75, 3.05) is 33.7 Å². The second kappa shape index (κ2) is 5.63. The van der Waals surface area contributed by atoms with Gasteiger partial charge >= 0.3 is 0 Å². The molecular formula is C15H28N4. The molecule has 19 heavy (non-hydrogen) atoms. The molecule has 0 saturated carbocycles. The van der Waals surface area contributed by atoms with Crippen molar-refractivity contribution < 1.29 is 0 Å². The molecule has 1 aliphatic heterocycles. The molecule has 1 atom stereocenters. The van der Waals surface area contributed by atoms with Gasteiger partial charge in [-0.3, -0.25) is 0 Å². The lowest BCUT2D eigenvalue weighted by Gasteiger charge is -2.35. The fourth-order valence-corrected chi connectivity index (χ4v) is 3.01. The lowest BCUT2D eigenvalue weighted by atomic mass is 9.88. The predicted octanol–water partition coefficient (Wildman–Crippen LogP) is 1.62. The summed E-state index contributed by atoms with van der Waals surface area (Å²) in [4.78, 5) is 9.34. The van der Waals surface area contributed by atoms with Crippen molar-refractivity contribution in [1.29, 1.82) is 0 Å². The Labute approximate surface area is 117 Å². The average Bonchev–Trinajstić information content (AvgIpc) is 2.85. The van der Waals surface area contributed by atoms with E-state index < -0.39 is 0 Å². The summed E-state index contributed by atoms with van der Waals surface area (Å²) in [6.45, 7) is 8.24. The number of likely N-dealkylation sites (N-methyl/N-ethyl adjacent to an activating group) is 1. The first-order valence-corrected chi connectivity index (χ1v) is 7.27. The highest BCUT2D eigenvalue weighted by Gasteiger charge is 2.39. The van der Waals surface area contributed by atoms with Crippen LogP contribution in [0.4, 0.5) is 0 Å². The van der Waals surface area contributed by atoms with Crippen LogP contribution in [0.3, 0.4) is 0 Å². The zero-order valence-electron chi connectivity index (χ0n) is 13.1. The monoisotopic (exact) mass is 264 g/mol. The Morgan fingerprint density at radius 2 is 2.16 bits per heavy atom. The van der Waals surface area contributed by atoms with Gasteiger partial charge in [0.1, 0.15) is 5.82 Å². The van der Waals surface area contributed by atoms with E-state index in [1.54, 1.807) is 0 Å². The number of aromatic nitrogens is 2. The molecule has 0 amide bonds. The van der Waals surface area contributed by atoms with Gasteiger partial charge < -0.3 is 14.4 Å². The Hall–Kier alpha value is -0.870. The van der Waals surface area contributed by atoms with Crippen LogP contribution in [0, 0.1) is 5.92 Å². The van der Waals surface area contributed by atoms with Crippen molar-refractivity contribution in [2.45, 2.75) is 32.2 Å². The van der Waals surface area contributed by atoms with Gasteiger partial charge in [0, 0.05) is 44.5 Å². The minimum Gasteiger partial charge on any atom is -0.338 e. The quantitative estimate of drug-likeness (QED) is 0.808. The van der Waals surface area contributed by atoms with Gasteiger partial charge in [-0.15, -0.1) is 0 Å². The summed E-state index contributed by atoms with van der Waals surface area (Å²) in [6.07, 6.45) is 6.24. The summed E-state index contributed by atoms with van der Waals surface area (Å²) in [5, 5.41) is 0. The van der Waals surface area contributed by atoms with E-state index in [4.69, 9.17) is 0 Å². The van der Waals surface area contributed by atoms with Gasteiger partial charge in [0.2, 0.25) is 0 Å². The maximum Gasteiger partial charge on any atom is 0.109 e. The summed E-state index contributed by atoms with van der Waals surface area (Å²) >= 11 is 0. The minimum atomic E-state index is 0.331. The van der Waals surface area contributed by atoms with Crippen LogP contribution in [0.2, 0.25) is 0 Å². The topological polar surface area (TPSA) is 24.3 Å². The number of rotatable bonds is 5. The maximum absolute atomic E-state index is 4.39. The summed E-state index contributed by atoms with van der Waals surface area (Å²) in [5.41, 5.74) is 0.331. The predicted molar refractivity (Wildman–Crippen MR) is 79.2 cm³/mol. The van der Waals surface area contributed by atoms with Gasteiger partial charge in [-0.2, -0.15) is 0 Å². The van der Waals surface area contributed by atoms with E-state index in [1.165, 1.54) is 25.3 Å². The molecule has 2 rings (SSSR count). The molecule has 1 unspecified atom stereocenters. The number of hydrogen-bond donors (Lipinski definition) is 0. The summed E-state index contributed by atoms with van der Waals surface area (Å²) in [5.74, 6) is 1.94. The van der Waals surface area contributed by atoms with Crippen molar-refractivity contribution in [3.8, 4) is 0 Å². The number of aryl methyl sites for hydroxylation is 1. The van der Waals surface area contributed by atoms with Crippen LogP contribution in [0.15, 0.2) is 12.4 Å². The number of nitrogens with zero attached hydrogens (tertiary/aromatic N) is 4. The average molecular weight is 264 g/mol. The van der Waals surface area contributed by atoms with Gasteiger partial charge in [-0.25, -0.2) is 4.98 Å². The molecule has 0 radical (unpaired) electrons. The van der Waals surface area contributed by atoms with Crippen LogP contribution in [-0.2, 0) is 13.5 Å². The zero-order valence-corrected chi connectivity index (χ0v) is 13.1. The number of hydrogen-bond acceptors (Lipinski definition) is 3. The lowest BCUT2D eigenvalue weighted by Crippen LogP contribution is -2.44. The van der Waals surface area contributed by atoms with Gasteiger partial charge in [-0.1, -0.05) is 0 Å². The summed E-state index contributed by atoms with van der Waals surface area (Å²) in [7, 11) is 6.54. The van der Waals surface area contributed by atoms with Crippen molar-refractivity contribution >= 4 is 0 Å². The van der Waals surface area contributed by atoms with Crippen molar-refractivity contribution in [3.05, 3.63) is 18.2 Å². The molecular weight excluding hydrogens is 236 g/mol. The second-order valence-electron chi connectivity index (χ2n) is 6.53. The Morgan fingerprint density at radius 3 is 2.68 bits per heavy atom. The highest BCUT2D eigenvalue weighted by atomic mass is 15.2. The highest BCUT2D eigenvalue weighted by molar-refractivity contribution is 4.95. The molecule has 2 heterocycles. The first kappa shape index (κ1) is 14.5. The third-order valence-corrected chi connectivity index (χ3v) is 4.97. The molecule has 0 spiro atoms. The van der Waals surface area contributed by atoms with Crippen LogP contribution in [0.25, 0.3) is 0 Å². The molecule has 0 aromatic carbocycles. The van der Waals surface area contributed by atoms with Gasteiger partial charge in [0.25, 0.3) is 0 Å². The van der Waals surface area contributed by atoms with E-state index in [9.17, 15) is 0 Å². The Balaban J connectivity index is 1.82. The van der Waals surface area contributed by atoms with E-state index in [-0.39, 0.29) is 0 Å². The molecule has 4 nitrogen and oxygen atoms in total. The Morgan fingerprint density at radius 1 is 1.42 bits per heavy atom. The smallest absolute Gasteiger partial charge is 0.109 e. The van der Waals surface area contributed by atoms with Crippen molar-refractivity contribution in [3.63, 3.8) is 0 Å². The summed E-state index contributed by atoms with van der Waals surface area (Å²) in [6, 6.07) is 0. The van der Waals surface area contributed by atoms with Gasteiger partial charge in [-0.05, 0) is 46.8 Å². The normalized spacial score (nSPS) is 23.4. The van der Waals surface area contributed by atoms with Crippen LogP contribution < -0.4 is 0 Å². The van der Waals surface area contributed by atoms with Crippen molar-refractivity contribution in [2.24, 2.45) is 13.0 Å². The minimum absolute atomic E-state index is 0.331. The number of likely N-dealkylation sites (tertiary alicyclic amines) is 1. The SMILES string of the molecule is CN(CCc1nccn1C)CC1CCN(C)C1(C)C. The zero-order chi connectivity index (χ0) is 14.0. The number of imidazole rings is 1. The molecule has 4 heteroatoms. The largest absolute Gasteiger partial charge is 0.338 e. The van der Waals surface area contributed by atoms with Gasteiger partial charge in [0.15, 0.2) is 0 Å². The molecule has 0 bridgehead atoms. The summed E-state index contributed by atoms with van der Waals surface area (Å²) < 4.78 is 2.11. The van der Waals surface area contributed by atoms with Crippen molar-refractivity contribution in [1.82, 2.24) is 19.4 Å².